The molecule has 0 bridgehead atoms. The molecule has 1 saturated carbocycles. The molecular weight excluding hydrogens is 358 g/mol. The van der Waals surface area contributed by atoms with Crippen molar-refractivity contribution in [2.24, 2.45) is 5.92 Å². The number of methoxy groups -OCH3 is 1. The standard InChI is InChI=1S/C20H31N5O3/c1-14-10-23-18(12-22-14)20(27)24-11-17-6-5-16(25(17)13-15-3-4-15)9-19(26)21-7-8-28-2/h10,12,15-17H,3-9,11,13H2,1-2H3,(H,21,26)(H,24,27)/t16-,17+/m1/s1. The minimum atomic E-state index is -0.195. The molecule has 8 nitrogen and oxygen atoms in total. The smallest absolute Gasteiger partial charge is 0.271 e. The number of hydrogen-bond donors (Lipinski definition) is 2. The van der Waals surface area contributed by atoms with E-state index in [0.717, 1.165) is 31.0 Å². The van der Waals surface area contributed by atoms with Crippen molar-refractivity contribution in [3.05, 3.63) is 23.8 Å². The Morgan fingerprint density at radius 3 is 2.61 bits per heavy atom. The average Bonchev–Trinajstić information content (AvgIpc) is 3.43. The number of carbonyl (C=O) groups excluding carboxylic acids is 2. The third kappa shape index (κ3) is 5.97. The summed E-state index contributed by atoms with van der Waals surface area (Å²) in [7, 11) is 1.63. The summed E-state index contributed by atoms with van der Waals surface area (Å²) in [5.74, 6) is 0.611. The van der Waals surface area contributed by atoms with Crippen LogP contribution in [0.1, 0.15) is 48.3 Å². The SMILES string of the molecule is COCCNC(=O)C[C@H]1CC[C@@H](CNC(=O)c2cnc(C)cn2)N1CC1CC1. The van der Waals surface area contributed by atoms with Crippen LogP contribution in [0.5, 0.6) is 0 Å². The number of amides is 2. The highest BCUT2D eigenvalue weighted by Gasteiger charge is 2.38. The van der Waals surface area contributed by atoms with Crippen LogP contribution < -0.4 is 10.6 Å². The minimum absolute atomic E-state index is 0.0717. The number of carbonyl (C=O) groups is 2. The van der Waals surface area contributed by atoms with Gasteiger partial charge in [-0.3, -0.25) is 19.5 Å². The van der Waals surface area contributed by atoms with Crippen LogP contribution in [0, 0.1) is 12.8 Å². The van der Waals surface area contributed by atoms with Crippen molar-refractivity contribution in [2.75, 3.05) is 33.4 Å². The summed E-state index contributed by atoms with van der Waals surface area (Å²) in [4.78, 5) is 35.3. The Bertz CT molecular complexity index is 662. The first-order chi connectivity index (χ1) is 13.6. The molecule has 2 amide bonds. The highest BCUT2D eigenvalue weighted by molar-refractivity contribution is 5.91. The zero-order valence-electron chi connectivity index (χ0n) is 16.8. The number of aromatic nitrogens is 2. The second-order valence-electron chi connectivity index (χ2n) is 7.83. The Balaban J connectivity index is 1.52. The van der Waals surface area contributed by atoms with Crippen molar-refractivity contribution < 1.29 is 14.3 Å². The highest BCUT2D eigenvalue weighted by Crippen LogP contribution is 2.35. The first-order valence-electron chi connectivity index (χ1n) is 10.1. The fourth-order valence-corrected chi connectivity index (χ4v) is 3.74. The summed E-state index contributed by atoms with van der Waals surface area (Å²) >= 11 is 0. The lowest BCUT2D eigenvalue weighted by molar-refractivity contribution is -0.122. The molecule has 0 spiro atoms. The molecular formula is C20H31N5O3. The number of nitrogens with one attached hydrogen (secondary N) is 2. The van der Waals surface area contributed by atoms with E-state index in [-0.39, 0.29) is 23.9 Å². The Morgan fingerprint density at radius 2 is 1.93 bits per heavy atom. The Labute approximate surface area is 166 Å². The quantitative estimate of drug-likeness (QED) is 0.578. The van der Waals surface area contributed by atoms with Crippen LogP contribution in [0.2, 0.25) is 0 Å². The molecule has 0 radical (unpaired) electrons. The van der Waals surface area contributed by atoms with Crippen LogP contribution >= 0.6 is 0 Å². The van der Waals surface area contributed by atoms with Crippen LogP contribution in [0.3, 0.4) is 0 Å². The van der Waals surface area contributed by atoms with Gasteiger partial charge in [0.15, 0.2) is 0 Å². The average molecular weight is 390 g/mol. The van der Waals surface area contributed by atoms with Crippen molar-refractivity contribution in [2.45, 2.75) is 51.1 Å². The number of rotatable bonds is 10. The maximum Gasteiger partial charge on any atom is 0.271 e. The highest BCUT2D eigenvalue weighted by atomic mass is 16.5. The van der Waals surface area contributed by atoms with Crippen LogP contribution in [-0.2, 0) is 9.53 Å². The summed E-state index contributed by atoms with van der Waals surface area (Å²) in [6, 6.07) is 0.504. The zero-order chi connectivity index (χ0) is 19.9. The monoisotopic (exact) mass is 389 g/mol. The first kappa shape index (κ1) is 20.7. The van der Waals surface area contributed by atoms with Gasteiger partial charge in [0.05, 0.1) is 18.5 Å². The topological polar surface area (TPSA) is 96.5 Å². The van der Waals surface area contributed by atoms with Crippen molar-refractivity contribution in [3.8, 4) is 0 Å². The zero-order valence-corrected chi connectivity index (χ0v) is 16.8. The molecule has 8 heteroatoms. The van der Waals surface area contributed by atoms with Gasteiger partial charge in [-0.2, -0.15) is 0 Å². The van der Waals surface area contributed by atoms with Gasteiger partial charge in [-0.15, -0.1) is 0 Å². The first-order valence-corrected chi connectivity index (χ1v) is 10.1. The van der Waals surface area contributed by atoms with Crippen LogP contribution in [0.25, 0.3) is 0 Å². The molecule has 2 heterocycles. The third-order valence-corrected chi connectivity index (χ3v) is 5.50. The third-order valence-electron chi connectivity index (χ3n) is 5.50. The molecule has 1 aliphatic carbocycles. The van der Waals surface area contributed by atoms with Gasteiger partial charge in [0, 0.05) is 51.4 Å². The number of nitrogens with zero attached hydrogens (tertiary/aromatic N) is 3. The molecule has 0 aromatic carbocycles. The number of aryl methyl sites for hydroxylation is 1. The predicted octanol–water partition coefficient (Wildman–Crippen LogP) is 0.911. The molecule has 1 saturated heterocycles. The van der Waals surface area contributed by atoms with Crippen molar-refractivity contribution in [1.29, 1.82) is 0 Å². The van der Waals surface area contributed by atoms with E-state index in [1.807, 2.05) is 6.92 Å². The molecule has 1 aromatic rings. The summed E-state index contributed by atoms with van der Waals surface area (Å²) in [5.41, 5.74) is 1.13. The van der Waals surface area contributed by atoms with Gasteiger partial charge in [-0.25, -0.2) is 4.98 Å². The molecule has 2 aliphatic rings. The van der Waals surface area contributed by atoms with Gasteiger partial charge in [-0.1, -0.05) is 0 Å². The number of ether oxygens (including phenoxy) is 1. The maximum atomic E-state index is 12.4. The van der Waals surface area contributed by atoms with E-state index >= 15 is 0 Å². The number of hydrogen-bond acceptors (Lipinski definition) is 6. The second-order valence-corrected chi connectivity index (χ2v) is 7.83. The molecule has 2 fully saturated rings. The van der Waals surface area contributed by atoms with E-state index in [2.05, 4.69) is 25.5 Å². The van der Waals surface area contributed by atoms with Crippen LogP contribution in [-0.4, -0.2) is 72.1 Å². The van der Waals surface area contributed by atoms with E-state index < -0.39 is 0 Å². The van der Waals surface area contributed by atoms with Gasteiger partial charge in [-0.05, 0) is 38.5 Å². The van der Waals surface area contributed by atoms with E-state index in [4.69, 9.17) is 4.74 Å². The molecule has 154 valence electrons. The Kier molecular flexibility index (Phi) is 7.33. The number of likely N-dealkylation sites (tertiary alicyclic amines) is 1. The van der Waals surface area contributed by atoms with Crippen molar-refractivity contribution >= 4 is 11.8 Å². The predicted molar refractivity (Wildman–Crippen MR) is 105 cm³/mol. The molecule has 28 heavy (non-hydrogen) atoms. The van der Waals surface area contributed by atoms with Crippen LogP contribution in [0.4, 0.5) is 0 Å². The van der Waals surface area contributed by atoms with Crippen LogP contribution in [0.15, 0.2) is 12.4 Å². The fraction of sp³-hybridized carbons (Fsp3) is 0.700. The summed E-state index contributed by atoms with van der Waals surface area (Å²) in [5, 5.41) is 5.92. The van der Waals surface area contributed by atoms with E-state index in [9.17, 15) is 9.59 Å². The van der Waals surface area contributed by atoms with Crippen molar-refractivity contribution in [3.63, 3.8) is 0 Å². The van der Waals surface area contributed by atoms with Gasteiger partial charge >= 0.3 is 0 Å². The van der Waals surface area contributed by atoms with Gasteiger partial charge in [0.2, 0.25) is 5.91 Å². The molecule has 1 aliphatic heterocycles. The summed E-state index contributed by atoms with van der Waals surface area (Å²) in [6.07, 6.45) is 8.11. The largest absolute Gasteiger partial charge is 0.383 e. The lowest BCUT2D eigenvalue weighted by Gasteiger charge is -2.30. The Morgan fingerprint density at radius 1 is 1.14 bits per heavy atom. The van der Waals surface area contributed by atoms with Crippen molar-refractivity contribution in [1.82, 2.24) is 25.5 Å². The molecule has 2 N–H and O–H groups in total. The Hall–Kier alpha value is -2.06. The molecule has 2 atom stereocenters. The van der Waals surface area contributed by atoms with E-state index in [0.29, 0.717) is 31.8 Å². The fourth-order valence-electron chi connectivity index (χ4n) is 3.74. The lowest BCUT2D eigenvalue weighted by atomic mass is 10.1. The van der Waals surface area contributed by atoms with E-state index in [1.54, 1.807) is 13.3 Å². The minimum Gasteiger partial charge on any atom is -0.383 e. The second kappa shape index (κ2) is 9.93. The van der Waals surface area contributed by atoms with Gasteiger partial charge in [0.1, 0.15) is 5.69 Å². The molecule has 3 rings (SSSR count). The van der Waals surface area contributed by atoms with Gasteiger partial charge in [0.25, 0.3) is 5.91 Å². The summed E-state index contributed by atoms with van der Waals surface area (Å²) in [6.45, 7) is 4.50. The molecule has 0 unspecified atom stereocenters. The summed E-state index contributed by atoms with van der Waals surface area (Å²) < 4.78 is 4.98. The lowest BCUT2D eigenvalue weighted by Crippen LogP contribution is -2.45. The normalized spacial score (nSPS) is 22.2. The molecule has 1 aromatic heterocycles. The van der Waals surface area contributed by atoms with E-state index in [1.165, 1.54) is 19.0 Å². The van der Waals surface area contributed by atoms with Gasteiger partial charge < -0.3 is 15.4 Å². The maximum absolute atomic E-state index is 12.4.